The van der Waals surface area contributed by atoms with Crippen LogP contribution in [0.3, 0.4) is 0 Å². The van der Waals surface area contributed by atoms with Crippen molar-refractivity contribution < 1.29 is 36.6 Å². The van der Waals surface area contributed by atoms with Crippen LogP contribution >= 0.6 is 0 Å². The summed E-state index contributed by atoms with van der Waals surface area (Å²) in [6.07, 6.45) is -6.28. The fourth-order valence-corrected chi connectivity index (χ4v) is 1.16. The highest BCUT2D eigenvalue weighted by atomic mass is 19.3. The Morgan fingerprint density at radius 2 is 1.89 bits per heavy atom. The van der Waals surface area contributed by atoms with Crippen molar-refractivity contribution in [2.75, 3.05) is 20.3 Å². The molecule has 0 saturated carbocycles. The predicted molar refractivity (Wildman–Crippen MR) is 51.7 cm³/mol. The standard InChI is InChI=1S/C9H14F5NO3/c1-3-6(10)8(11,12)9(13,14)15(7(16)17)4-5-18-2/h6H,3-5H2,1-2H3,(H,16,17). The zero-order valence-electron chi connectivity index (χ0n) is 9.80. The van der Waals surface area contributed by atoms with Crippen molar-refractivity contribution in [2.45, 2.75) is 31.5 Å². The van der Waals surface area contributed by atoms with Crippen molar-refractivity contribution in [1.82, 2.24) is 4.90 Å². The van der Waals surface area contributed by atoms with Crippen LogP contribution in [0.5, 0.6) is 0 Å². The van der Waals surface area contributed by atoms with Crippen LogP contribution in [0.25, 0.3) is 0 Å². The fourth-order valence-electron chi connectivity index (χ4n) is 1.16. The lowest BCUT2D eigenvalue weighted by atomic mass is 10.1. The Labute approximate surface area is 100 Å². The second kappa shape index (κ2) is 6.17. The third-order valence-electron chi connectivity index (χ3n) is 2.24. The lowest BCUT2D eigenvalue weighted by Crippen LogP contribution is -2.60. The number of methoxy groups -OCH3 is 1. The highest BCUT2D eigenvalue weighted by molar-refractivity contribution is 5.65. The Morgan fingerprint density at radius 3 is 2.22 bits per heavy atom. The summed E-state index contributed by atoms with van der Waals surface area (Å²) in [5.41, 5.74) is 0. The SMILES string of the molecule is CCC(F)C(F)(F)C(F)(F)N(CCOC)C(=O)O. The summed E-state index contributed by atoms with van der Waals surface area (Å²) in [7, 11) is 1.08. The molecule has 0 radical (unpaired) electrons. The molecule has 0 rings (SSSR count). The molecule has 4 nitrogen and oxygen atoms in total. The van der Waals surface area contributed by atoms with Crippen molar-refractivity contribution >= 4 is 6.09 Å². The number of amides is 1. The molecule has 108 valence electrons. The van der Waals surface area contributed by atoms with Crippen molar-refractivity contribution in [1.29, 1.82) is 0 Å². The summed E-state index contributed by atoms with van der Waals surface area (Å²) < 4.78 is 70.3. The third kappa shape index (κ3) is 3.21. The van der Waals surface area contributed by atoms with Crippen molar-refractivity contribution in [3.05, 3.63) is 0 Å². The molecule has 0 aliphatic heterocycles. The van der Waals surface area contributed by atoms with Gasteiger partial charge in [0.15, 0.2) is 6.17 Å². The molecule has 0 heterocycles. The number of carboxylic acid groups (broad SMARTS) is 1. The summed E-state index contributed by atoms with van der Waals surface area (Å²) in [4.78, 5) is 9.72. The van der Waals surface area contributed by atoms with Crippen LogP contribution in [0.4, 0.5) is 26.7 Å². The third-order valence-corrected chi connectivity index (χ3v) is 2.24. The summed E-state index contributed by atoms with van der Waals surface area (Å²) in [6, 6.07) is -5.15. The Bertz CT molecular complexity index is 287. The monoisotopic (exact) mass is 279 g/mol. The molecule has 18 heavy (non-hydrogen) atoms. The van der Waals surface area contributed by atoms with Gasteiger partial charge in [-0.3, -0.25) is 0 Å². The van der Waals surface area contributed by atoms with Gasteiger partial charge in [0.05, 0.1) is 13.2 Å². The van der Waals surface area contributed by atoms with E-state index in [2.05, 4.69) is 4.74 Å². The predicted octanol–water partition coefficient (Wildman–Crippen LogP) is 2.59. The van der Waals surface area contributed by atoms with Gasteiger partial charge in [-0.15, -0.1) is 0 Å². The van der Waals surface area contributed by atoms with E-state index in [9.17, 15) is 26.7 Å². The van der Waals surface area contributed by atoms with E-state index in [1.165, 1.54) is 0 Å². The summed E-state index contributed by atoms with van der Waals surface area (Å²) in [5.74, 6) is -5.10. The first-order valence-corrected chi connectivity index (χ1v) is 5.02. The van der Waals surface area contributed by atoms with Crippen molar-refractivity contribution in [2.24, 2.45) is 0 Å². The van der Waals surface area contributed by atoms with E-state index in [-0.39, 0.29) is 0 Å². The van der Waals surface area contributed by atoms with Crippen LogP contribution in [-0.2, 0) is 4.74 Å². The molecule has 0 saturated heterocycles. The summed E-state index contributed by atoms with van der Waals surface area (Å²) >= 11 is 0. The molecule has 1 atom stereocenters. The van der Waals surface area contributed by atoms with E-state index in [1.807, 2.05) is 0 Å². The largest absolute Gasteiger partial charge is 0.465 e. The van der Waals surface area contributed by atoms with Crippen LogP contribution in [0.1, 0.15) is 13.3 Å². The Balaban J connectivity index is 5.20. The van der Waals surface area contributed by atoms with E-state index >= 15 is 0 Å². The van der Waals surface area contributed by atoms with E-state index in [1.54, 1.807) is 0 Å². The maximum atomic E-state index is 13.4. The van der Waals surface area contributed by atoms with Crippen LogP contribution < -0.4 is 0 Å². The number of hydrogen-bond acceptors (Lipinski definition) is 2. The fraction of sp³-hybridized carbons (Fsp3) is 0.889. The minimum Gasteiger partial charge on any atom is -0.465 e. The van der Waals surface area contributed by atoms with E-state index in [4.69, 9.17) is 5.11 Å². The topological polar surface area (TPSA) is 49.8 Å². The number of hydrogen-bond donors (Lipinski definition) is 1. The van der Waals surface area contributed by atoms with Crippen LogP contribution in [-0.4, -0.2) is 54.5 Å². The van der Waals surface area contributed by atoms with Crippen LogP contribution in [0, 0.1) is 0 Å². The van der Waals surface area contributed by atoms with Gasteiger partial charge in [0.2, 0.25) is 0 Å². The Kier molecular flexibility index (Phi) is 5.78. The molecule has 0 aromatic rings. The average molecular weight is 279 g/mol. The normalized spacial score (nSPS) is 14.4. The van der Waals surface area contributed by atoms with E-state index in [0.29, 0.717) is 0 Å². The molecule has 0 bridgehead atoms. The van der Waals surface area contributed by atoms with E-state index < -0.39 is 48.7 Å². The Morgan fingerprint density at radius 1 is 1.39 bits per heavy atom. The molecule has 0 aromatic heterocycles. The number of rotatable bonds is 7. The molecule has 1 amide bonds. The lowest BCUT2D eigenvalue weighted by molar-refractivity contribution is -0.295. The van der Waals surface area contributed by atoms with Gasteiger partial charge in [-0.25, -0.2) is 14.1 Å². The van der Waals surface area contributed by atoms with Crippen molar-refractivity contribution in [3.63, 3.8) is 0 Å². The van der Waals surface area contributed by atoms with Gasteiger partial charge in [-0.05, 0) is 6.42 Å². The first kappa shape index (κ1) is 16.9. The van der Waals surface area contributed by atoms with Gasteiger partial charge in [0.25, 0.3) is 0 Å². The smallest absolute Gasteiger partial charge is 0.412 e. The zero-order chi connectivity index (χ0) is 14.6. The highest BCUT2D eigenvalue weighted by Gasteiger charge is 2.66. The molecular formula is C9H14F5NO3. The van der Waals surface area contributed by atoms with Gasteiger partial charge in [0, 0.05) is 7.11 Å². The van der Waals surface area contributed by atoms with Gasteiger partial charge in [-0.2, -0.15) is 17.6 Å². The number of halogens is 5. The minimum absolute atomic E-state index is 0.513. The second-order valence-corrected chi connectivity index (χ2v) is 3.47. The Hall–Kier alpha value is -1.12. The molecule has 1 unspecified atom stereocenters. The molecule has 0 fully saturated rings. The number of ether oxygens (including phenoxy) is 1. The molecule has 0 aromatic carbocycles. The molecule has 0 aliphatic carbocycles. The molecule has 9 heteroatoms. The first-order valence-electron chi connectivity index (χ1n) is 5.02. The van der Waals surface area contributed by atoms with Gasteiger partial charge in [0.1, 0.15) is 0 Å². The van der Waals surface area contributed by atoms with E-state index in [0.717, 1.165) is 14.0 Å². The average Bonchev–Trinajstić information content (AvgIpc) is 2.27. The van der Waals surface area contributed by atoms with Crippen LogP contribution in [0.15, 0.2) is 0 Å². The second-order valence-electron chi connectivity index (χ2n) is 3.47. The number of carbonyl (C=O) groups is 1. The zero-order valence-corrected chi connectivity index (χ0v) is 9.80. The lowest BCUT2D eigenvalue weighted by Gasteiger charge is -2.35. The minimum atomic E-state index is -5.15. The summed E-state index contributed by atoms with van der Waals surface area (Å²) in [5, 5.41) is 8.49. The quantitative estimate of drug-likeness (QED) is 0.575. The van der Waals surface area contributed by atoms with Gasteiger partial charge in [-0.1, -0.05) is 6.92 Å². The number of alkyl halides is 5. The van der Waals surface area contributed by atoms with Gasteiger partial charge < -0.3 is 9.84 Å². The maximum Gasteiger partial charge on any atom is 0.412 e. The molecule has 0 spiro atoms. The van der Waals surface area contributed by atoms with Crippen molar-refractivity contribution in [3.8, 4) is 0 Å². The van der Waals surface area contributed by atoms with Gasteiger partial charge >= 0.3 is 18.1 Å². The molecular weight excluding hydrogens is 265 g/mol. The first-order chi connectivity index (χ1) is 8.12. The molecule has 1 N–H and O–H groups in total. The highest BCUT2D eigenvalue weighted by Crippen LogP contribution is 2.41. The molecule has 0 aliphatic rings. The maximum absolute atomic E-state index is 13.4. The van der Waals surface area contributed by atoms with Crippen LogP contribution in [0.2, 0.25) is 0 Å². The number of nitrogens with zero attached hydrogens (tertiary/aromatic N) is 1. The summed E-state index contributed by atoms with van der Waals surface area (Å²) in [6.45, 7) is -0.555.